The maximum absolute atomic E-state index is 14.5. The molecule has 3 aromatic carbocycles. The fourth-order valence-corrected chi connectivity index (χ4v) is 7.83. The van der Waals surface area contributed by atoms with Crippen molar-refractivity contribution in [2.75, 3.05) is 26.2 Å². The summed E-state index contributed by atoms with van der Waals surface area (Å²) in [6, 6.07) is 29.7. The SMILES string of the molecule is NCC1CCCCN1C(=O)[C@H]1CCCN1C(=O)[C@@H]1CCCN1C(=O)CC(c1ccccc1)(c1ccccc1)c1ccccc1. The van der Waals surface area contributed by atoms with E-state index in [1.807, 2.05) is 59.5 Å². The minimum absolute atomic E-state index is 0.0260. The van der Waals surface area contributed by atoms with Crippen molar-refractivity contribution in [3.8, 4) is 0 Å². The number of carbonyl (C=O) groups excluding carboxylic acids is 3. The minimum atomic E-state index is -0.727. The summed E-state index contributed by atoms with van der Waals surface area (Å²) in [5, 5.41) is 0. The second kappa shape index (κ2) is 13.3. The lowest BCUT2D eigenvalue weighted by Gasteiger charge is -2.40. The molecule has 1 unspecified atom stereocenters. The molecule has 230 valence electrons. The maximum atomic E-state index is 14.5. The van der Waals surface area contributed by atoms with Crippen molar-refractivity contribution >= 4 is 17.7 Å². The molecule has 0 radical (unpaired) electrons. The van der Waals surface area contributed by atoms with Crippen LogP contribution in [0.3, 0.4) is 0 Å². The molecule has 6 rings (SSSR count). The van der Waals surface area contributed by atoms with Crippen molar-refractivity contribution < 1.29 is 14.4 Å². The molecule has 3 amide bonds. The van der Waals surface area contributed by atoms with Crippen LogP contribution in [0.5, 0.6) is 0 Å². The number of rotatable bonds is 8. The topological polar surface area (TPSA) is 86.9 Å². The minimum Gasteiger partial charge on any atom is -0.337 e. The van der Waals surface area contributed by atoms with Crippen LogP contribution in [-0.4, -0.2) is 76.7 Å². The lowest BCUT2D eigenvalue weighted by Crippen LogP contribution is -2.57. The largest absolute Gasteiger partial charge is 0.337 e. The average molecular weight is 593 g/mol. The van der Waals surface area contributed by atoms with Gasteiger partial charge in [-0.05, 0) is 61.6 Å². The van der Waals surface area contributed by atoms with Crippen molar-refractivity contribution in [3.63, 3.8) is 0 Å². The van der Waals surface area contributed by atoms with Gasteiger partial charge in [-0.1, -0.05) is 91.0 Å². The lowest BCUT2D eigenvalue weighted by molar-refractivity contribution is -0.150. The molecule has 3 saturated heterocycles. The number of nitrogens with two attached hydrogens (primary N) is 1. The van der Waals surface area contributed by atoms with Gasteiger partial charge in [0, 0.05) is 38.6 Å². The Kier molecular flexibility index (Phi) is 9.12. The fourth-order valence-electron chi connectivity index (χ4n) is 7.83. The van der Waals surface area contributed by atoms with Gasteiger partial charge in [0.05, 0.1) is 5.41 Å². The number of hydrogen-bond acceptors (Lipinski definition) is 4. The van der Waals surface area contributed by atoms with Gasteiger partial charge in [-0.15, -0.1) is 0 Å². The number of benzene rings is 3. The molecule has 0 spiro atoms. The van der Waals surface area contributed by atoms with Gasteiger partial charge in [-0.2, -0.15) is 0 Å². The van der Waals surface area contributed by atoms with E-state index in [0.717, 1.165) is 48.8 Å². The summed E-state index contributed by atoms with van der Waals surface area (Å²) in [5.41, 5.74) is 8.41. The highest BCUT2D eigenvalue weighted by molar-refractivity contribution is 5.93. The number of likely N-dealkylation sites (tertiary alicyclic amines) is 3. The van der Waals surface area contributed by atoms with Gasteiger partial charge in [0.1, 0.15) is 12.1 Å². The molecule has 3 aliphatic rings. The predicted molar refractivity (Wildman–Crippen MR) is 172 cm³/mol. The molecule has 3 aliphatic heterocycles. The molecule has 0 aromatic heterocycles. The summed E-state index contributed by atoms with van der Waals surface area (Å²) in [5.74, 6) is -0.102. The Hall–Kier alpha value is -3.97. The number of piperidine rings is 1. The van der Waals surface area contributed by atoms with Gasteiger partial charge >= 0.3 is 0 Å². The van der Waals surface area contributed by atoms with Crippen LogP contribution in [0.15, 0.2) is 91.0 Å². The van der Waals surface area contributed by atoms with Crippen molar-refractivity contribution in [1.29, 1.82) is 0 Å². The Labute approximate surface area is 261 Å². The van der Waals surface area contributed by atoms with Gasteiger partial charge in [0.2, 0.25) is 17.7 Å². The second-order valence-electron chi connectivity index (χ2n) is 12.5. The van der Waals surface area contributed by atoms with E-state index in [9.17, 15) is 14.4 Å². The molecule has 44 heavy (non-hydrogen) atoms. The van der Waals surface area contributed by atoms with E-state index in [0.29, 0.717) is 39.0 Å². The van der Waals surface area contributed by atoms with Gasteiger partial charge in [0.15, 0.2) is 0 Å². The first kappa shape index (κ1) is 30.1. The molecule has 2 N–H and O–H groups in total. The summed E-state index contributed by atoms with van der Waals surface area (Å²) in [4.78, 5) is 48.0. The van der Waals surface area contributed by atoms with Crippen LogP contribution in [0.1, 0.15) is 68.1 Å². The first-order chi connectivity index (χ1) is 21.5. The molecular weight excluding hydrogens is 548 g/mol. The van der Waals surface area contributed by atoms with Crippen LogP contribution < -0.4 is 5.73 Å². The van der Waals surface area contributed by atoms with E-state index in [1.165, 1.54) is 0 Å². The van der Waals surface area contributed by atoms with Crippen LogP contribution in [-0.2, 0) is 19.8 Å². The third-order valence-corrected chi connectivity index (χ3v) is 10.1. The van der Waals surface area contributed by atoms with E-state index in [4.69, 9.17) is 5.73 Å². The zero-order valence-corrected chi connectivity index (χ0v) is 25.5. The number of hydrogen-bond donors (Lipinski definition) is 1. The van der Waals surface area contributed by atoms with E-state index >= 15 is 0 Å². The highest BCUT2D eigenvalue weighted by atomic mass is 16.2. The molecule has 7 nitrogen and oxygen atoms in total. The normalized spacial score (nSPS) is 22.3. The van der Waals surface area contributed by atoms with Gasteiger partial charge in [0.25, 0.3) is 0 Å². The first-order valence-corrected chi connectivity index (χ1v) is 16.3. The molecule has 7 heteroatoms. The van der Waals surface area contributed by atoms with Crippen LogP contribution in [0.4, 0.5) is 0 Å². The molecule has 0 aliphatic carbocycles. The highest BCUT2D eigenvalue weighted by Crippen LogP contribution is 2.43. The molecule has 0 bridgehead atoms. The van der Waals surface area contributed by atoms with E-state index in [-0.39, 0.29) is 30.2 Å². The van der Waals surface area contributed by atoms with Crippen molar-refractivity contribution in [2.24, 2.45) is 5.73 Å². The van der Waals surface area contributed by atoms with E-state index in [1.54, 1.807) is 9.80 Å². The Morgan fingerprint density at radius 1 is 0.591 bits per heavy atom. The average Bonchev–Trinajstić information content (AvgIpc) is 3.79. The zero-order chi connectivity index (χ0) is 30.5. The summed E-state index contributed by atoms with van der Waals surface area (Å²) in [6.07, 6.45) is 6.01. The molecule has 3 fully saturated rings. The second-order valence-corrected chi connectivity index (χ2v) is 12.5. The molecular formula is C37H44N4O3. The molecule has 3 atom stereocenters. The maximum Gasteiger partial charge on any atom is 0.246 e. The lowest BCUT2D eigenvalue weighted by atomic mass is 9.67. The summed E-state index contributed by atoms with van der Waals surface area (Å²) in [6.45, 7) is 2.24. The van der Waals surface area contributed by atoms with Crippen LogP contribution in [0.2, 0.25) is 0 Å². The Balaban J connectivity index is 1.29. The summed E-state index contributed by atoms with van der Waals surface area (Å²) < 4.78 is 0. The molecule has 3 aromatic rings. The number of nitrogens with zero attached hydrogens (tertiary/aromatic N) is 3. The zero-order valence-electron chi connectivity index (χ0n) is 25.5. The predicted octanol–water partition coefficient (Wildman–Crippen LogP) is 4.73. The van der Waals surface area contributed by atoms with Gasteiger partial charge in [-0.25, -0.2) is 0 Å². The van der Waals surface area contributed by atoms with Crippen LogP contribution in [0.25, 0.3) is 0 Å². The third kappa shape index (κ3) is 5.65. The van der Waals surface area contributed by atoms with Crippen LogP contribution in [0, 0.1) is 0 Å². The number of amides is 3. The smallest absolute Gasteiger partial charge is 0.246 e. The summed E-state index contributed by atoms with van der Waals surface area (Å²) in [7, 11) is 0. The summed E-state index contributed by atoms with van der Waals surface area (Å²) >= 11 is 0. The monoisotopic (exact) mass is 592 g/mol. The highest BCUT2D eigenvalue weighted by Gasteiger charge is 2.46. The van der Waals surface area contributed by atoms with Crippen molar-refractivity contribution in [2.45, 2.75) is 74.9 Å². The quantitative estimate of drug-likeness (QED) is 0.383. The van der Waals surface area contributed by atoms with Crippen molar-refractivity contribution in [1.82, 2.24) is 14.7 Å². The fraction of sp³-hybridized carbons (Fsp3) is 0.432. The number of carbonyl (C=O) groups is 3. The van der Waals surface area contributed by atoms with E-state index < -0.39 is 17.5 Å². The third-order valence-electron chi connectivity index (χ3n) is 10.1. The Morgan fingerprint density at radius 2 is 1.05 bits per heavy atom. The first-order valence-electron chi connectivity index (χ1n) is 16.3. The molecule has 0 saturated carbocycles. The Bertz CT molecular complexity index is 1330. The standard InChI is InChI=1S/C37H44N4O3/c38-27-31-20-10-11-23-39(31)35(43)33-22-13-25-41(33)36(44)32-21-12-24-40(32)34(42)26-37(28-14-4-1-5-15-28,29-16-6-2-7-17-29)30-18-8-3-9-19-30/h1-9,14-19,31-33H,10-13,20-27,38H2/t31?,32-,33+/m0/s1. The van der Waals surface area contributed by atoms with Crippen LogP contribution >= 0.6 is 0 Å². The van der Waals surface area contributed by atoms with Gasteiger partial charge in [-0.3, -0.25) is 14.4 Å². The van der Waals surface area contributed by atoms with Gasteiger partial charge < -0.3 is 20.4 Å². The Morgan fingerprint density at radius 3 is 1.57 bits per heavy atom. The van der Waals surface area contributed by atoms with Crippen molar-refractivity contribution in [3.05, 3.63) is 108 Å². The van der Waals surface area contributed by atoms with E-state index in [2.05, 4.69) is 36.4 Å². The molecule has 3 heterocycles.